The van der Waals surface area contributed by atoms with E-state index < -0.39 is 11.3 Å². The SMILES string of the molecule is CN(CCCc1ccc(C2(F)CC2)c(C2(F)CC2)c1)Cc1ccccc1. The lowest BCUT2D eigenvalue weighted by Crippen LogP contribution is -2.19. The van der Waals surface area contributed by atoms with Gasteiger partial charge in [0.25, 0.3) is 0 Å². The van der Waals surface area contributed by atoms with Gasteiger partial charge < -0.3 is 4.90 Å². The Morgan fingerprint density at radius 3 is 2.15 bits per heavy atom. The first kappa shape index (κ1) is 17.7. The summed E-state index contributed by atoms with van der Waals surface area (Å²) in [5.41, 5.74) is 1.16. The molecule has 0 radical (unpaired) electrons. The number of benzene rings is 2. The van der Waals surface area contributed by atoms with Gasteiger partial charge in [0, 0.05) is 6.54 Å². The van der Waals surface area contributed by atoms with Gasteiger partial charge in [-0.3, -0.25) is 0 Å². The molecule has 0 amide bonds. The molecule has 2 saturated carbocycles. The summed E-state index contributed by atoms with van der Waals surface area (Å²) in [4.78, 5) is 2.31. The number of hydrogen-bond acceptors (Lipinski definition) is 1. The predicted octanol–water partition coefficient (Wildman–Crippen LogP) is 5.67. The van der Waals surface area contributed by atoms with E-state index in [4.69, 9.17) is 0 Å². The first-order valence-corrected chi connectivity index (χ1v) is 9.73. The number of alkyl halides is 2. The molecule has 0 spiro atoms. The van der Waals surface area contributed by atoms with Crippen molar-refractivity contribution in [3.63, 3.8) is 0 Å². The summed E-state index contributed by atoms with van der Waals surface area (Å²) >= 11 is 0. The summed E-state index contributed by atoms with van der Waals surface area (Å²) in [5, 5.41) is 0. The van der Waals surface area contributed by atoms with Crippen LogP contribution in [-0.2, 0) is 24.3 Å². The maximum Gasteiger partial charge on any atom is 0.136 e. The molecule has 138 valence electrons. The van der Waals surface area contributed by atoms with Crippen LogP contribution in [0.4, 0.5) is 8.78 Å². The fourth-order valence-corrected chi connectivity index (χ4v) is 3.79. The largest absolute Gasteiger partial charge is 0.302 e. The van der Waals surface area contributed by atoms with Crippen LogP contribution in [0.15, 0.2) is 48.5 Å². The summed E-state index contributed by atoms with van der Waals surface area (Å²) in [6.07, 6.45) is 4.09. The van der Waals surface area contributed by atoms with Crippen molar-refractivity contribution < 1.29 is 8.78 Å². The Kier molecular flexibility index (Phi) is 4.60. The molecule has 0 bridgehead atoms. The molecule has 3 heteroatoms. The minimum Gasteiger partial charge on any atom is -0.302 e. The monoisotopic (exact) mass is 355 g/mol. The zero-order valence-corrected chi connectivity index (χ0v) is 15.5. The van der Waals surface area contributed by atoms with E-state index in [2.05, 4.69) is 36.2 Å². The average molecular weight is 355 g/mol. The molecule has 0 heterocycles. The zero-order valence-electron chi connectivity index (χ0n) is 15.5. The second-order valence-electron chi connectivity index (χ2n) is 8.14. The van der Waals surface area contributed by atoms with Crippen LogP contribution >= 0.6 is 0 Å². The molecule has 2 aromatic rings. The third kappa shape index (κ3) is 3.83. The summed E-state index contributed by atoms with van der Waals surface area (Å²) in [5.74, 6) is 0. The minimum absolute atomic E-state index is 0.541. The first-order valence-electron chi connectivity index (χ1n) is 9.73. The van der Waals surface area contributed by atoms with Gasteiger partial charge in [0.2, 0.25) is 0 Å². The normalized spacial score (nSPS) is 19.5. The summed E-state index contributed by atoms with van der Waals surface area (Å²) in [6.45, 7) is 1.92. The highest BCUT2D eigenvalue weighted by atomic mass is 19.1. The highest BCUT2D eigenvalue weighted by Crippen LogP contribution is 2.58. The van der Waals surface area contributed by atoms with Gasteiger partial charge in [0.15, 0.2) is 0 Å². The van der Waals surface area contributed by atoms with Crippen molar-refractivity contribution in [3.8, 4) is 0 Å². The zero-order chi connectivity index (χ0) is 18.2. The molecule has 2 aliphatic rings. The Hall–Kier alpha value is -1.74. The van der Waals surface area contributed by atoms with Gasteiger partial charge in [-0.25, -0.2) is 8.78 Å². The van der Waals surface area contributed by atoms with Crippen molar-refractivity contribution in [3.05, 3.63) is 70.8 Å². The maximum atomic E-state index is 14.7. The fourth-order valence-electron chi connectivity index (χ4n) is 3.79. The van der Waals surface area contributed by atoms with Gasteiger partial charge in [-0.05, 0) is 74.4 Å². The third-order valence-corrected chi connectivity index (χ3v) is 5.73. The molecule has 0 aromatic heterocycles. The van der Waals surface area contributed by atoms with E-state index in [1.165, 1.54) is 5.56 Å². The van der Waals surface area contributed by atoms with Gasteiger partial charge in [-0.1, -0.05) is 48.5 Å². The van der Waals surface area contributed by atoms with Gasteiger partial charge in [0.05, 0.1) is 0 Å². The molecule has 2 aliphatic carbocycles. The molecule has 1 nitrogen and oxygen atoms in total. The Bertz CT molecular complexity index is 763. The summed E-state index contributed by atoms with van der Waals surface area (Å²) < 4.78 is 29.3. The molecular weight excluding hydrogens is 328 g/mol. The molecule has 0 saturated heterocycles. The van der Waals surface area contributed by atoms with Crippen molar-refractivity contribution in [1.82, 2.24) is 4.90 Å². The lowest BCUT2D eigenvalue weighted by molar-refractivity contribution is 0.283. The van der Waals surface area contributed by atoms with Crippen molar-refractivity contribution >= 4 is 0 Å². The highest BCUT2D eigenvalue weighted by Gasteiger charge is 2.53. The van der Waals surface area contributed by atoms with Crippen LogP contribution in [0.25, 0.3) is 0 Å². The van der Waals surface area contributed by atoms with Gasteiger partial charge in [-0.2, -0.15) is 0 Å². The fraction of sp³-hybridized carbons (Fsp3) is 0.478. The predicted molar refractivity (Wildman–Crippen MR) is 102 cm³/mol. The summed E-state index contributed by atoms with van der Waals surface area (Å²) in [6, 6.07) is 16.2. The molecule has 26 heavy (non-hydrogen) atoms. The summed E-state index contributed by atoms with van der Waals surface area (Å²) in [7, 11) is 2.13. The minimum atomic E-state index is -1.27. The molecule has 2 aromatic carbocycles. The van der Waals surface area contributed by atoms with Crippen LogP contribution in [0.1, 0.15) is 54.4 Å². The van der Waals surface area contributed by atoms with Crippen LogP contribution in [0.5, 0.6) is 0 Å². The Morgan fingerprint density at radius 2 is 1.50 bits per heavy atom. The average Bonchev–Trinajstić information content (AvgIpc) is 3.55. The van der Waals surface area contributed by atoms with Crippen LogP contribution in [-0.4, -0.2) is 18.5 Å². The standard InChI is InChI=1S/C23H27F2N/c1-26(17-19-6-3-2-4-7-19)15-5-8-18-9-10-20(22(24)11-12-22)21(16-18)23(25)13-14-23/h2-4,6-7,9-10,16H,5,8,11-15,17H2,1H3. The van der Waals surface area contributed by atoms with Crippen LogP contribution in [0.3, 0.4) is 0 Å². The molecular formula is C23H27F2N. The quantitative estimate of drug-likeness (QED) is 0.590. The van der Waals surface area contributed by atoms with E-state index in [0.29, 0.717) is 36.8 Å². The van der Waals surface area contributed by atoms with E-state index in [9.17, 15) is 8.78 Å². The van der Waals surface area contributed by atoms with E-state index in [1.54, 1.807) is 0 Å². The molecule has 0 unspecified atom stereocenters. The lowest BCUT2D eigenvalue weighted by atomic mass is 9.93. The number of halogens is 2. The Balaban J connectivity index is 1.36. The third-order valence-electron chi connectivity index (χ3n) is 5.73. The molecule has 0 atom stereocenters. The number of hydrogen-bond donors (Lipinski definition) is 0. The molecule has 4 rings (SSSR count). The highest BCUT2D eigenvalue weighted by molar-refractivity contribution is 5.44. The van der Waals surface area contributed by atoms with E-state index >= 15 is 0 Å². The topological polar surface area (TPSA) is 3.24 Å². The molecule has 2 fully saturated rings. The van der Waals surface area contributed by atoms with E-state index in [1.807, 2.05) is 24.3 Å². The van der Waals surface area contributed by atoms with Crippen molar-refractivity contribution in [2.75, 3.05) is 13.6 Å². The Labute approximate surface area is 155 Å². The van der Waals surface area contributed by atoms with E-state index in [0.717, 1.165) is 31.5 Å². The first-order chi connectivity index (χ1) is 12.5. The number of nitrogens with zero attached hydrogens (tertiary/aromatic N) is 1. The Morgan fingerprint density at radius 1 is 0.846 bits per heavy atom. The number of aryl methyl sites for hydroxylation is 1. The van der Waals surface area contributed by atoms with Crippen molar-refractivity contribution in [1.29, 1.82) is 0 Å². The molecule has 0 N–H and O–H groups in total. The van der Waals surface area contributed by atoms with Crippen LogP contribution in [0.2, 0.25) is 0 Å². The van der Waals surface area contributed by atoms with Gasteiger partial charge >= 0.3 is 0 Å². The van der Waals surface area contributed by atoms with Crippen molar-refractivity contribution in [2.45, 2.75) is 56.4 Å². The van der Waals surface area contributed by atoms with Crippen LogP contribution < -0.4 is 0 Å². The number of rotatable bonds is 8. The van der Waals surface area contributed by atoms with E-state index in [-0.39, 0.29) is 0 Å². The second kappa shape index (κ2) is 6.77. The smallest absolute Gasteiger partial charge is 0.136 e. The maximum absolute atomic E-state index is 14.7. The van der Waals surface area contributed by atoms with Crippen LogP contribution in [0, 0.1) is 0 Å². The molecule has 0 aliphatic heterocycles. The van der Waals surface area contributed by atoms with Gasteiger partial charge in [0.1, 0.15) is 11.3 Å². The van der Waals surface area contributed by atoms with Gasteiger partial charge in [-0.15, -0.1) is 0 Å². The lowest BCUT2D eigenvalue weighted by Gasteiger charge is -2.19. The van der Waals surface area contributed by atoms with Crippen molar-refractivity contribution in [2.24, 2.45) is 0 Å². The second-order valence-corrected chi connectivity index (χ2v) is 8.14.